The first-order chi connectivity index (χ1) is 12.2. The Morgan fingerprint density at radius 3 is 2.35 bits per heavy atom. The maximum atomic E-state index is 11.8. The second-order valence-corrected chi connectivity index (χ2v) is 6.76. The smallest absolute Gasteiger partial charge is 0.408 e. The van der Waals surface area contributed by atoms with Gasteiger partial charge in [0, 0.05) is 6.42 Å². The van der Waals surface area contributed by atoms with Crippen molar-refractivity contribution in [3.63, 3.8) is 0 Å². The maximum Gasteiger partial charge on any atom is 0.408 e. The first-order valence-electron chi connectivity index (χ1n) is 8.48. The average molecular weight is 365 g/mol. The summed E-state index contributed by atoms with van der Waals surface area (Å²) >= 11 is 0. The highest BCUT2D eigenvalue weighted by Crippen LogP contribution is 2.10. The van der Waals surface area contributed by atoms with Crippen LogP contribution in [0.2, 0.25) is 0 Å². The fraction of sp³-hybridized carbons (Fsp3) is 0.526. The summed E-state index contributed by atoms with van der Waals surface area (Å²) in [5.41, 5.74) is 0.228. The molecule has 1 N–H and O–H groups in total. The molecule has 0 radical (unpaired) electrons. The number of hydrogen-bond acceptors (Lipinski definition) is 6. The van der Waals surface area contributed by atoms with Crippen LogP contribution < -0.4 is 5.32 Å². The Morgan fingerprint density at radius 2 is 1.77 bits per heavy atom. The topological polar surface area (TPSA) is 90.9 Å². The molecule has 0 aromatic heterocycles. The lowest BCUT2D eigenvalue weighted by molar-refractivity contribution is -0.146. The third-order valence-electron chi connectivity index (χ3n) is 3.29. The highest BCUT2D eigenvalue weighted by molar-refractivity contribution is 5.81. The zero-order chi connectivity index (χ0) is 19.6. The van der Waals surface area contributed by atoms with Crippen molar-refractivity contribution in [1.82, 2.24) is 5.32 Å². The SMILES string of the molecule is COC(=O)C(CCCC(=O)OCc1ccccc1)NC(=O)OC(C)(C)C. The molecule has 0 aliphatic carbocycles. The minimum absolute atomic E-state index is 0.135. The van der Waals surface area contributed by atoms with E-state index in [0.717, 1.165) is 5.56 Å². The molecule has 1 unspecified atom stereocenters. The third kappa shape index (κ3) is 9.05. The van der Waals surface area contributed by atoms with Crippen LogP contribution in [0.4, 0.5) is 4.79 Å². The number of benzene rings is 1. The van der Waals surface area contributed by atoms with Crippen molar-refractivity contribution in [2.45, 2.75) is 58.3 Å². The lowest BCUT2D eigenvalue weighted by Crippen LogP contribution is -2.44. The Bertz CT molecular complexity index is 594. The molecule has 144 valence electrons. The van der Waals surface area contributed by atoms with Crippen LogP contribution >= 0.6 is 0 Å². The molecule has 0 aliphatic rings. The van der Waals surface area contributed by atoms with Gasteiger partial charge >= 0.3 is 18.0 Å². The number of nitrogens with one attached hydrogen (secondary N) is 1. The number of ether oxygens (including phenoxy) is 3. The number of amides is 1. The van der Waals surface area contributed by atoms with Crippen molar-refractivity contribution in [2.24, 2.45) is 0 Å². The predicted molar refractivity (Wildman–Crippen MR) is 95.3 cm³/mol. The molecule has 0 fully saturated rings. The molecule has 7 nitrogen and oxygen atoms in total. The second-order valence-electron chi connectivity index (χ2n) is 6.76. The van der Waals surface area contributed by atoms with Crippen molar-refractivity contribution < 1.29 is 28.6 Å². The quantitative estimate of drug-likeness (QED) is 0.563. The Hall–Kier alpha value is -2.57. The van der Waals surface area contributed by atoms with Gasteiger partial charge in [0.15, 0.2) is 0 Å². The molecule has 0 bridgehead atoms. The van der Waals surface area contributed by atoms with Crippen LogP contribution in [0.25, 0.3) is 0 Å². The molecule has 1 aromatic rings. The van der Waals surface area contributed by atoms with Gasteiger partial charge in [0.2, 0.25) is 0 Å². The second kappa shape index (κ2) is 10.4. The van der Waals surface area contributed by atoms with Crippen molar-refractivity contribution >= 4 is 18.0 Å². The van der Waals surface area contributed by atoms with E-state index in [0.29, 0.717) is 6.42 Å². The molecule has 1 rings (SSSR count). The summed E-state index contributed by atoms with van der Waals surface area (Å²) in [4.78, 5) is 35.4. The molecule has 7 heteroatoms. The maximum absolute atomic E-state index is 11.8. The minimum atomic E-state index is -0.878. The fourth-order valence-corrected chi connectivity index (χ4v) is 2.10. The summed E-state index contributed by atoms with van der Waals surface area (Å²) in [5.74, 6) is -0.955. The van der Waals surface area contributed by atoms with E-state index in [-0.39, 0.29) is 25.4 Å². The average Bonchev–Trinajstić information content (AvgIpc) is 2.57. The zero-order valence-electron chi connectivity index (χ0n) is 15.7. The van der Waals surface area contributed by atoms with Crippen LogP contribution in [0, 0.1) is 0 Å². The monoisotopic (exact) mass is 365 g/mol. The number of esters is 2. The van der Waals surface area contributed by atoms with Gasteiger partial charge in [-0.05, 0) is 39.2 Å². The number of hydrogen-bond donors (Lipinski definition) is 1. The molecule has 0 saturated carbocycles. The van der Waals surface area contributed by atoms with Crippen molar-refractivity contribution in [1.29, 1.82) is 0 Å². The first-order valence-corrected chi connectivity index (χ1v) is 8.48. The van der Waals surface area contributed by atoms with Gasteiger partial charge in [-0.2, -0.15) is 0 Å². The number of alkyl carbamates (subject to hydrolysis) is 1. The summed E-state index contributed by atoms with van der Waals surface area (Å²) < 4.78 is 15.0. The number of rotatable bonds is 8. The van der Waals surface area contributed by atoms with Gasteiger partial charge < -0.3 is 19.5 Å². The lowest BCUT2D eigenvalue weighted by Gasteiger charge is -2.22. The molecule has 0 aliphatic heterocycles. The largest absolute Gasteiger partial charge is 0.467 e. The van der Waals surface area contributed by atoms with Gasteiger partial charge in [-0.3, -0.25) is 4.79 Å². The normalized spacial score (nSPS) is 12.0. The summed E-state index contributed by atoms with van der Waals surface area (Å²) in [7, 11) is 1.24. The fourth-order valence-electron chi connectivity index (χ4n) is 2.10. The zero-order valence-corrected chi connectivity index (χ0v) is 15.7. The molecular formula is C19H27NO6. The standard InChI is InChI=1S/C19H27NO6/c1-19(2,3)26-18(23)20-15(17(22)24-4)11-8-12-16(21)25-13-14-9-6-5-7-10-14/h5-7,9-10,15H,8,11-13H2,1-4H3,(H,20,23). The molecular weight excluding hydrogens is 338 g/mol. The molecule has 1 atom stereocenters. The molecule has 1 aromatic carbocycles. The van der Waals surface area contributed by atoms with E-state index in [1.165, 1.54) is 7.11 Å². The van der Waals surface area contributed by atoms with Crippen LogP contribution in [-0.4, -0.2) is 36.8 Å². The Labute approximate surface area is 154 Å². The van der Waals surface area contributed by atoms with Gasteiger partial charge in [0.25, 0.3) is 0 Å². The van der Waals surface area contributed by atoms with E-state index in [1.54, 1.807) is 20.8 Å². The van der Waals surface area contributed by atoms with E-state index >= 15 is 0 Å². The number of methoxy groups -OCH3 is 1. The van der Waals surface area contributed by atoms with E-state index < -0.39 is 23.7 Å². The van der Waals surface area contributed by atoms with E-state index in [2.05, 4.69) is 10.1 Å². The van der Waals surface area contributed by atoms with Crippen LogP contribution in [0.5, 0.6) is 0 Å². The molecule has 0 heterocycles. The van der Waals surface area contributed by atoms with Crippen LogP contribution in [0.15, 0.2) is 30.3 Å². The summed E-state index contributed by atoms with van der Waals surface area (Å²) in [5, 5.41) is 2.47. The first kappa shape index (κ1) is 21.5. The predicted octanol–water partition coefficient (Wildman–Crippen LogP) is 2.97. The molecule has 0 saturated heterocycles. The summed E-state index contributed by atoms with van der Waals surface area (Å²) in [6, 6.07) is 8.47. The van der Waals surface area contributed by atoms with Gasteiger partial charge in [-0.25, -0.2) is 9.59 Å². The Kier molecular flexibility index (Phi) is 8.61. The van der Waals surface area contributed by atoms with E-state index in [4.69, 9.17) is 9.47 Å². The highest BCUT2D eigenvalue weighted by Gasteiger charge is 2.25. The summed E-state index contributed by atoms with van der Waals surface area (Å²) in [6.07, 6.45) is 0.0332. The van der Waals surface area contributed by atoms with Crippen LogP contribution in [0.3, 0.4) is 0 Å². The number of carbonyl (C=O) groups excluding carboxylic acids is 3. The highest BCUT2D eigenvalue weighted by atomic mass is 16.6. The molecule has 1 amide bonds. The third-order valence-corrected chi connectivity index (χ3v) is 3.29. The Balaban J connectivity index is 2.40. The lowest BCUT2D eigenvalue weighted by atomic mass is 10.1. The van der Waals surface area contributed by atoms with Gasteiger partial charge in [-0.15, -0.1) is 0 Å². The van der Waals surface area contributed by atoms with Crippen molar-refractivity contribution in [3.05, 3.63) is 35.9 Å². The minimum Gasteiger partial charge on any atom is -0.467 e. The molecule has 26 heavy (non-hydrogen) atoms. The number of carbonyl (C=O) groups is 3. The van der Waals surface area contributed by atoms with Gasteiger partial charge in [0.1, 0.15) is 18.2 Å². The summed E-state index contributed by atoms with van der Waals surface area (Å²) in [6.45, 7) is 5.38. The Morgan fingerprint density at radius 1 is 1.12 bits per heavy atom. The van der Waals surface area contributed by atoms with Crippen LogP contribution in [-0.2, 0) is 30.4 Å². The van der Waals surface area contributed by atoms with Gasteiger partial charge in [0.05, 0.1) is 7.11 Å². The molecule has 0 spiro atoms. The van der Waals surface area contributed by atoms with Gasteiger partial charge in [-0.1, -0.05) is 30.3 Å². The van der Waals surface area contributed by atoms with Crippen molar-refractivity contribution in [3.8, 4) is 0 Å². The van der Waals surface area contributed by atoms with Crippen LogP contribution in [0.1, 0.15) is 45.6 Å². The van der Waals surface area contributed by atoms with Crippen molar-refractivity contribution in [2.75, 3.05) is 7.11 Å². The van der Waals surface area contributed by atoms with E-state index in [9.17, 15) is 14.4 Å². The van der Waals surface area contributed by atoms with E-state index in [1.807, 2.05) is 30.3 Å².